The van der Waals surface area contributed by atoms with Gasteiger partial charge in [0.15, 0.2) is 0 Å². The highest BCUT2D eigenvalue weighted by Gasteiger charge is 2.73. The number of benzene rings is 1. The van der Waals surface area contributed by atoms with Gasteiger partial charge in [-0.1, -0.05) is 75.8 Å². The average molecular weight is 540 g/mol. The third-order valence-electron chi connectivity index (χ3n) is 9.96. The van der Waals surface area contributed by atoms with Gasteiger partial charge in [0, 0.05) is 22.8 Å². The number of carbonyl (C=O) groups excluding carboxylic acids is 3. The topological polar surface area (TPSA) is 87.7 Å². The van der Waals surface area contributed by atoms with Crippen LogP contribution in [-0.4, -0.2) is 52.5 Å². The lowest BCUT2D eigenvalue weighted by molar-refractivity contribution is -0.145. The number of hydrogen-bond donors (Lipinski definition) is 2. The molecule has 3 heterocycles. The molecule has 2 saturated heterocycles. The number of halogens is 1. The van der Waals surface area contributed by atoms with Crippen molar-refractivity contribution in [1.29, 1.82) is 0 Å². The van der Waals surface area contributed by atoms with Crippen LogP contribution in [0.2, 0.25) is 5.02 Å². The number of hydrogen-bond acceptors (Lipinski definition) is 4. The molecule has 1 spiro atoms. The molecule has 8 atom stereocenters. The molecule has 3 amide bonds. The van der Waals surface area contributed by atoms with E-state index in [1.54, 1.807) is 24.3 Å². The van der Waals surface area contributed by atoms with Crippen molar-refractivity contribution in [3.8, 4) is 0 Å². The number of nitrogens with zero attached hydrogens (tertiary/aromatic N) is 1. The SMILES string of the molecule is C[C@@H]1[C@H](C)CCC[C@@H]1NC(=O)[C@@H]1N(C2CCCCC2)C(=O)[C@@H]2[C@H](C(=O)Nc3cccc(Cl)c3)[C@@H]3C=C[C@]21O3. The van der Waals surface area contributed by atoms with Gasteiger partial charge in [0.2, 0.25) is 17.7 Å². The van der Waals surface area contributed by atoms with Crippen molar-refractivity contribution in [1.82, 2.24) is 10.2 Å². The maximum Gasteiger partial charge on any atom is 0.246 e. The van der Waals surface area contributed by atoms with Gasteiger partial charge in [0.05, 0.1) is 17.9 Å². The second kappa shape index (κ2) is 9.98. The highest BCUT2D eigenvalue weighted by Crippen LogP contribution is 2.56. The Kier molecular flexibility index (Phi) is 6.79. The zero-order valence-corrected chi connectivity index (χ0v) is 23.0. The Bertz CT molecular complexity index is 1150. The molecule has 2 bridgehead atoms. The van der Waals surface area contributed by atoms with Crippen LogP contribution in [0.15, 0.2) is 36.4 Å². The van der Waals surface area contributed by atoms with Crippen molar-refractivity contribution in [2.75, 3.05) is 5.32 Å². The standard InChI is InChI=1S/C30H38ClN3O4/c1-17-8-6-13-22(18(17)2)33-28(36)26-30-15-14-23(38-30)24(27(35)32-20-10-7-9-19(31)16-20)25(30)29(37)34(26)21-11-4-3-5-12-21/h7,9-10,14-18,21-26H,3-6,8,11-13H2,1-2H3,(H,32,35)(H,33,36)/t17-,18-,22+,23+,24-,25+,26+,30+/m1/s1. The summed E-state index contributed by atoms with van der Waals surface area (Å²) in [6.07, 6.45) is 11.4. The zero-order chi connectivity index (χ0) is 26.6. The van der Waals surface area contributed by atoms with E-state index in [0.717, 1.165) is 44.9 Å². The summed E-state index contributed by atoms with van der Waals surface area (Å²) in [5, 5.41) is 6.81. The highest BCUT2D eigenvalue weighted by molar-refractivity contribution is 6.30. The molecule has 5 aliphatic rings. The molecule has 0 radical (unpaired) electrons. The third kappa shape index (κ3) is 4.17. The average Bonchev–Trinajstić information content (AvgIpc) is 3.54. The summed E-state index contributed by atoms with van der Waals surface area (Å²) >= 11 is 6.13. The third-order valence-corrected chi connectivity index (χ3v) is 10.2. The van der Waals surface area contributed by atoms with E-state index in [2.05, 4.69) is 24.5 Å². The van der Waals surface area contributed by atoms with Crippen molar-refractivity contribution in [2.45, 2.75) is 95.0 Å². The first kappa shape index (κ1) is 25.9. The minimum absolute atomic E-state index is 0.0117. The van der Waals surface area contributed by atoms with E-state index in [0.29, 0.717) is 22.5 Å². The van der Waals surface area contributed by atoms with Crippen LogP contribution in [-0.2, 0) is 19.1 Å². The van der Waals surface area contributed by atoms with Crippen molar-refractivity contribution in [2.24, 2.45) is 23.7 Å². The lowest BCUT2D eigenvalue weighted by Crippen LogP contribution is -2.59. The van der Waals surface area contributed by atoms with E-state index >= 15 is 0 Å². The van der Waals surface area contributed by atoms with Crippen LogP contribution in [0.25, 0.3) is 0 Å². The molecule has 2 aliphatic carbocycles. The van der Waals surface area contributed by atoms with E-state index in [9.17, 15) is 14.4 Å². The first-order valence-corrected chi connectivity index (χ1v) is 14.7. The van der Waals surface area contributed by atoms with Crippen LogP contribution < -0.4 is 10.6 Å². The molecule has 3 aliphatic heterocycles. The fourth-order valence-electron chi connectivity index (χ4n) is 7.80. The molecular weight excluding hydrogens is 502 g/mol. The largest absolute Gasteiger partial charge is 0.359 e. The summed E-state index contributed by atoms with van der Waals surface area (Å²) in [4.78, 5) is 43.8. The molecule has 0 aromatic heterocycles. The Hall–Kier alpha value is -2.38. The molecule has 7 nitrogen and oxygen atoms in total. The smallest absolute Gasteiger partial charge is 0.246 e. The van der Waals surface area contributed by atoms with Gasteiger partial charge < -0.3 is 20.3 Å². The summed E-state index contributed by atoms with van der Waals surface area (Å²) in [6.45, 7) is 4.46. The maximum absolute atomic E-state index is 14.2. The van der Waals surface area contributed by atoms with Crippen LogP contribution in [0, 0.1) is 23.7 Å². The fraction of sp³-hybridized carbons (Fsp3) is 0.633. The monoisotopic (exact) mass is 539 g/mol. The number of amides is 3. The first-order valence-electron chi connectivity index (χ1n) is 14.4. The molecule has 0 unspecified atom stereocenters. The second-order valence-corrected chi connectivity index (χ2v) is 12.6. The van der Waals surface area contributed by atoms with Crippen LogP contribution in [0.1, 0.15) is 65.2 Å². The maximum atomic E-state index is 14.2. The van der Waals surface area contributed by atoms with E-state index in [-0.39, 0.29) is 29.8 Å². The summed E-state index contributed by atoms with van der Waals surface area (Å²) < 4.78 is 6.52. The summed E-state index contributed by atoms with van der Waals surface area (Å²) in [5.74, 6) is -1.06. The number of ether oxygens (including phenoxy) is 1. The van der Waals surface area contributed by atoms with Gasteiger partial charge in [-0.05, 0) is 49.3 Å². The summed E-state index contributed by atoms with van der Waals surface area (Å²) in [6, 6.07) is 6.28. The van der Waals surface area contributed by atoms with E-state index in [4.69, 9.17) is 16.3 Å². The number of anilines is 1. The predicted molar refractivity (Wildman–Crippen MR) is 145 cm³/mol. The molecule has 38 heavy (non-hydrogen) atoms. The van der Waals surface area contributed by atoms with Crippen molar-refractivity contribution in [3.05, 3.63) is 41.4 Å². The minimum Gasteiger partial charge on any atom is -0.359 e. The lowest BCUT2D eigenvalue weighted by Gasteiger charge is -2.40. The van der Waals surface area contributed by atoms with E-state index in [1.165, 1.54) is 6.42 Å². The van der Waals surface area contributed by atoms with Crippen molar-refractivity contribution in [3.63, 3.8) is 0 Å². The van der Waals surface area contributed by atoms with Gasteiger partial charge in [-0.25, -0.2) is 0 Å². The van der Waals surface area contributed by atoms with Crippen molar-refractivity contribution >= 4 is 35.0 Å². The molecule has 1 aromatic carbocycles. The van der Waals surface area contributed by atoms with Gasteiger partial charge >= 0.3 is 0 Å². The molecule has 2 saturated carbocycles. The van der Waals surface area contributed by atoms with Crippen molar-refractivity contribution < 1.29 is 19.1 Å². The van der Waals surface area contributed by atoms with Crippen LogP contribution in [0.4, 0.5) is 5.69 Å². The van der Waals surface area contributed by atoms with Gasteiger partial charge in [-0.2, -0.15) is 0 Å². The number of carbonyl (C=O) groups is 3. The Morgan fingerprint density at radius 3 is 2.61 bits per heavy atom. The molecule has 6 rings (SSSR count). The molecule has 1 aromatic rings. The molecule has 4 fully saturated rings. The number of likely N-dealkylation sites (tertiary alicyclic amines) is 1. The van der Waals surface area contributed by atoms with Crippen LogP contribution >= 0.6 is 11.6 Å². The van der Waals surface area contributed by atoms with Gasteiger partial charge in [0.1, 0.15) is 11.6 Å². The van der Waals surface area contributed by atoms with E-state index in [1.807, 2.05) is 17.1 Å². The molecular formula is C30H38ClN3O4. The predicted octanol–water partition coefficient (Wildman–Crippen LogP) is 4.70. The molecule has 204 valence electrons. The lowest BCUT2D eigenvalue weighted by atomic mass is 9.73. The summed E-state index contributed by atoms with van der Waals surface area (Å²) in [5.41, 5.74) is -0.545. The van der Waals surface area contributed by atoms with Gasteiger partial charge in [-0.3, -0.25) is 14.4 Å². The number of rotatable bonds is 5. The Morgan fingerprint density at radius 2 is 1.84 bits per heavy atom. The fourth-order valence-corrected chi connectivity index (χ4v) is 7.99. The molecule has 2 N–H and O–H groups in total. The highest BCUT2D eigenvalue weighted by atomic mass is 35.5. The summed E-state index contributed by atoms with van der Waals surface area (Å²) in [7, 11) is 0. The molecule has 8 heteroatoms. The number of fused-ring (bicyclic) bond motifs is 1. The van der Waals surface area contributed by atoms with Gasteiger partial charge in [0.25, 0.3) is 0 Å². The zero-order valence-electron chi connectivity index (χ0n) is 22.2. The van der Waals surface area contributed by atoms with Gasteiger partial charge in [-0.15, -0.1) is 0 Å². The van der Waals surface area contributed by atoms with E-state index < -0.39 is 29.6 Å². The normalized spacial score (nSPS) is 38.3. The van der Waals surface area contributed by atoms with Crippen LogP contribution in [0.3, 0.4) is 0 Å². The first-order chi connectivity index (χ1) is 18.3. The van der Waals surface area contributed by atoms with Crippen LogP contribution in [0.5, 0.6) is 0 Å². The second-order valence-electron chi connectivity index (χ2n) is 12.1. The Labute approximate surface area is 229 Å². The Balaban J connectivity index is 1.32. The quantitative estimate of drug-likeness (QED) is 0.531. The Morgan fingerprint density at radius 1 is 1.05 bits per heavy atom. The number of nitrogens with one attached hydrogen (secondary N) is 2. The minimum atomic E-state index is -1.12.